The zero-order valence-corrected chi connectivity index (χ0v) is 10.9. The molecule has 1 aromatic carbocycles. The number of hydrogen-bond donors (Lipinski definition) is 1. The summed E-state index contributed by atoms with van der Waals surface area (Å²) in [5.41, 5.74) is 2.39. The van der Waals surface area contributed by atoms with Crippen molar-refractivity contribution in [2.45, 2.75) is 45.2 Å². The number of rotatable bonds is 7. The lowest BCUT2D eigenvalue weighted by Gasteiger charge is -2.14. The SMILES string of the molecule is Cc1cccc(CNC2CC2)c1OCCCC#N. The summed E-state index contributed by atoms with van der Waals surface area (Å²) in [6, 6.07) is 9.10. The second-order valence-corrected chi connectivity index (χ2v) is 4.83. The molecule has 0 amide bonds. The van der Waals surface area contributed by atoms with E-state index in [1.807, 2.05) is 0 Å². The molecule has 96 valence electrons. The highest BCUT2D eigenvalue weighted by Crippen LogP contribution is 2.25. The van der Waals surface area contributed by atoms with Crippen LogP contribution in [0, 0.1) is 18.3 Å². The zero-order valence-electron chi connectivity index (χ0n) is 10.9. The van der Waals surface area contributed by atoms with Gasteiger partial charge in [0.1, 0.15) is 5.75 Å². The molecule has 0 heterocycles. The molecule has 1 aromatic rings. The maximum Gasteiger partial charge on any atom is 0.126 e. The van der Waals surface area contributed by atoms with Crippen molar-refractivity contribution >= 4 is 0 Å². The van der Waals surface area contributed by atoms with Crippen molar-refractivity contribution in [1.29, 1.82) is 5.26 Å². The van der Waals surface area contributed by atoms with Crippen LogP contribution in [0.3, 0.4) is 0 Å². The van der Waals surface area contributed by atoms with Gasteiger partial charge >= 0.3 is 0 Å². The Hall–Kier alpha value is -1.53. The van der Waals surface area contributed by atoms with Gasteiger partial charge in [-0.1, -0.05) is 18.2 Å². The van der Waals surface area contributed by atoms with E-state index >= 15 is 0 Å². The third-order valence-electron chi connectivity index (χ3n) is 3.13. The smallest absolute Gasteiger partial charge is 0.126 e. The fourth-order valence-electron chi connectivity index (χ4n) is 1.93. The van der Waals surface area contributed by atoms with E-state index in [2.05, 4.69) is 36.5 Å². The first-order valence-corrected chi connectivity index (χ1v) is 6.63. The molecule has 0 aliphatic heterocycles. The molecule has 3 nitrogen and oxygen atoms in total. The lowest BCUT2D eigenvalue weighted by Crippen LogP contribution is -2.16. The fourth-order valence-corrected chi connectivity index (χ4v) is 1.93. The van der Waals surface area contributed by atoms with E-state index in [-0.39, 0.29) is 0 Å². The first-order chi connectivity index (χ1) is 8.81. The quantitative estimate of drug-likeness (QED) is 0.750. The molecule has 1 aliphatic carbocycles. The summed E-state index contributed by atoms with van der Waals surface area (Å²) in [4.78, 5) is 0. The van der Waals surface area contributed by atoms with Crippen LogP contribution in [0.2, 0.25) is 0 Å². The van der Waals surface area contributed by atoms with Crippen LogP contribution in [0.15, 0.2) is 18.2 Å². The summed E-state index contributed by atoms with van der Waals surface area (Å²) in [6.07, 6.45) is 3.94. The molecule has 0 bridgehead atoms. The Morgan fingerprint density at radius 3 is 3.00 bits per heavy atom. The average Bonchev–Trinajstić information content (AvgIpc) is 3.18. The molecule has 0 spiro atoms. The minimum atomic E-state index is 0.557. The number of ether oxygens (including phenoxy) is 1. The van der Waals surface area contributed by atoms with E-state index in [4.69, 9.17) is 10.00 Å². The van der Waals surface area contributed by atoms with Crippen LogP contribution in [0.25, 0.3) is 0 Å². The molecule has 1 saturated carbocycles. The van der Waals surface area contributed by atoms with Crippen LogP contribution < -0.4 is 10.1 Å². The molecule has 3 heteroatoms. The number of nitriles is 1. The topological polar surface area (TPSA) is 45.0 Å². The van der Waals surface area contributed by atoms with E-state index in [0.717, 1.165) is 18.7 Å². The molecule has 0 aromatic heterocycles. The third kappa shape index (κ3) is 3.75. The molecule has 0 unspecified atom stereocenters. The van der Waals surface area contributed by atoms with Gasteiger partial charge in [0.15, 0.2) is 0 Å². The number of nitrogens with one attached hydrogen (secondary N) is 1. The minimum absolute atomic E-state index is 0.557. The van der Waals surface area contributed by atoms with Crippen LogP contribution in [0.5, 0.6) is 5.75 Å². The van der Waals surface area contributed by atoms with Crippen molar-refractivity contribution < 1.29 is 4.74 Å². The second kappa shape index (κ2) is 6.42. The van der Waals surface area contributed by atoms with Crippen LogP contribution in [0.4, 0.5) is 0 Å². The Kier molecular flexibility index (Phi) is 4.60. The molecular weight excluding hydrogens is 224 g/mol. The van der Waals surface area contributed by atoms with Gasteiger partial charge in [-0.3, -0.25) is 0 Å². The summed E-state index contributed by atoms with van der Waals surface area (Å²) in [6.45, 7) is 3.56. The number of para-hydroxylation sites is 1. The highest BCUT2D eigenvalue weighted by molar-refractivity contribution is 5.40. The Morgan fingerprint density at radius 1 is 1.44 bits per heavy atom. The summed E-state index contributed by atoms with van der Waals surface area (Å²) in [5, 5.41) is 12.0. The molecule has 18 heavy (non-hydrogen) atoms. The van der Waals surface area contributed by atoms with Gasteiger partial charge < -0.3 is 10.1 Å². The highest BCUT2D eigenvalue weighted by Gasteiger charge is 2.20. The van der Waals surface area contributed by atoms with Gasteiger partial charge in [-0.05, 0) is 31.7 Å². The molecule has 0 radical (unpaired) electrons. The van der Waals surface area contributed by atoms with E-state index in [1.165, 1.54) is 24.0 Å². The monoisotopic (exact) mass is 244 g/mol. The van der Waals surface area contributed by atoms with Gasteiger partial charge in [0.2, 0.25) is 0 Å². The zero-order chi connectivity index (χ0) is 12.8. The number of nitrogens with zero attached hydrogens (tertiary/aromatic N) is 1. The first-order valence-electron chi connectivity index (χ1n) is 6.63. The number of aryl methyl sites for hydroxylation is 1. The van der Waals surface area contributed by atoms with Gasteiger partial charge in [-0.2, -0.15) is 5.26 Å². The average molecular weight is 244 g/mol. The lowest BCUT2D eigenvalue weighted by molar-refractivity contribution is 0.306. The predicted molar refractivity (Wildman–Crippen MR) is 71.4 cm³/mol. The van der Waals surface area contributed by atoms with Crippen molar-refractivity contribution in [2.24, 2.45) is 0 Å². The highest BCUT2D eigenvalue weighted by atomic mass is 16.5. The molecular formula is C15H20N2O. The molecule has 0 atom stereocenters. The van der Waals surface area contributed by atoms with E-state index in [0.29, 0.717) is 19.1 Å². The Morgan fingerprint density at radius 2 is 2.28 bits per heavy atom. The van der Waals surface area contributed by atoms with E-state index in [9.17, 15) is 0 Å². The van der Waals surface area contributed by atoms with Gasteiger partial charge in [0, 0.05) is 24.6 Å². The van der Waals surface area contributed by atoms with Crippen LogP contribution in [0.1, 0.15) is 36.8 Å². The molecule has 2 rings (SSSR count). The van der Waals surface area contributed by atoms with Crippen molar-refractivity contribution in [1.82, 2.24) is 5.32 Å². The van der Waals surface area contributed by atoms with Crippen LogP contribution >= 0.6 is 0 Å². The van der Waals surface area contributed by atoms with Gasteiger partial charge in [-0.15, -0.1) is 0 Å². The van der Waals surface area contributed by atoms with E-state index < -0.39 is 0 Å². The number of hydrogen-bond acceptors (Lipinski definition) is 3. The maximum absolute atomic E-state index is 8.51. The normalized spacial score (nSPS) is 14.2. The Balaban J connectivity index is 1.93. The Labute approximate surface area is 109 Å². The minimum Gasteiger partial charge on any atom is -0.493 e. The van der Waals surface area contributed by atoms with Crippen molar-refractivity contribution in [3.63, 3.8) is 0 Å². The van der Waals surface area contributed by atoms with Crippen molar-refractivity contribution in [3.05, 3.63) is 29.3 Å². The largest absolute Gasteiger partial charge is 0.493 e. The van der Waals surface area contributed by atoms with Crippen molar-refractivity contribution in [2.75, 3.05) is 6.61 Å². The fraction of sp³-hybridized carbons (Fsp3) is 0.533. The Bertz CT molecular complexity index is 433. The molecule has 0 saturated heterocycles. The lowest BCUT2D eigenvalue weighted by atomic mass is 10.1. The van der Waals surface area contributed by atoms with Gasteiger partial charge in [0.25, 0.3) is 0 Å². The van der Waals surface area contributed by atoms with Gasteiger partial charge in [0.05, 0.1) is 12.7 Å². The third-order valence-corrected chi connectivity index (χ3v) is 3.13. The first kappa shape index (κ1) is 12.9. The summed E-state index contributed by atoms with van der Waals surface area (Å²) in [5.74, 6) is 0.989. The maximum atomic E-state index is 8.51. The number of benzene rings is 1. The van der Waals surface area contributed by atoms with Gasteiger partial charge in [-0.25, -0.2) is 0 Å². The standard InChI is InChI=1S/C15H20N2O/c1-12-5-4-6-13(11-17-14-7-8-14)15(12)18-10-3-2-9-16/h4-6,14,17H,2-3,7-8,10-11H2,1H3. The molecule has 1 N–H and O–H groups in total. The summed E-state index contributed by atoms with van der Waals surface area (Å²) in [7, 11) is 0. The molecule has 1 aliphatic rings. The molecule has 1 fully saturated rings. The second-order valence-electron chi connectivity index (χ2n) is 4.83. The van der Waals surface area contributed by atoms with Crippen LogP contribution in [-0.4, -0.2) is 12.6 Å². The summed E-state index contributed by atoms with van der Waals surface area (Å²) < 4.78 is 5.83. The van der Waals surface area contributed by atoms with E-state index in [1.54, 1.807) is 0 Å². The summed E-state index contributed by atoms with van der Waals surface area (Å²) >= 11 is 0. The number of unbranched alkanes of at least 4 members (excludes halogenated alkanes) is 1. The predicted octanol–water partition coefficient (Wildman–Crippen LogP) is 2.93. The van der Waals surface area contributed by atoms with Crippen LogP contribution in [-0.2, 0) is 6.54 Å². The van der Waals surface area contributed by atoms with Crippen molar-refractivity contribution in [3.8, 4) is 11.8 Å².